The number of thiazole rings is 1. The van der Waals surface area contributed by atoms with Gasteiger partial charge in [0.05, 0.1) is 13.1 Å². The minimum absolute atomic E-state index is 0.0278. The van der Waals surface area contributed by atoms with Crippen molar-refractivity contribution in [3.8, 4) is 0 Å². The van der Waals surface area contributed by atoms with Crippen LogP contribution >= 0.6 is 11.3 Å². The molecule has 36 heavy (non-hydrogen) atoms. The highest BCUT2D eigenvalue weighted by molar-refractivity contribution is 7.11. The predicted molar refractivity (Wildman–Crippen MR) is 136 cm³/mol. The number of nitrogens with zero attached hydrogens (tertiary/aromatic N) is 4. The van der Waals surface area contributed by atoms with Gasteiger partial charge < -0.3 is 26.6 Å². The van der Waals surface area contributed by atoms with E-state index >= 15 is 0 Å². The third-order valence-electron chi connectivity index (χ3n) is 5.70. The second-order valence-corrected chi connectivity index (χ2v) is 9.27. The van der Waals surface area contributed by atoms with Gasteiger partial charge in [-0.3, -0.25) is 19.2 Å². The van der Waals surface area contributed by atoms with E-state index < -0.39 is 6.04 Å². The molecule has 1 aliphatic rings. The number of benzene rings is 1. The number of ketones is 1. The summed E-state index contributed by atoms with van der Waals surface area (Å²) in [7, 11) is 0. The Morgan fingerprint density at radius 3 is 2.61 bits per heavy atom. The van der Waals surface area contributed by atoms with Crippen LogP contribution in [0.15, 0.2) is 46.9 Å². The van der Waals surface area contributed by atoms with Gasteiger partial charge in [0.15, 0.2) is 11.0 Å². The standard InChI is InChI=1S/C24H31N7O4S/c25-24(26)29-18(22(35)23-28-11-14-36-23)7-4-10-27-19(32)15-30-12-13-31(16-21(30)34)20(33)9-8-17-5-2-1-3-6-17/h1-3,5-6,11,14,18H,4,7-10,12-13,15-16H2,(H,27,32)(H4,25,26,29). The average Bonchev–Trinajstić information content (AvgIpc) is 3.40. The fourth-order valence-electron chi connectivity index (χ4n) is 3.82. The number of nitrogens with one attached hydrogen (secondary N) is 1. The number of nitrogens with two attached hydrogens (primary N) is 2. The number of aromatic nitrogens is 1. The Balaban J connectivity index is 1.37. The monoisotopic (exact) mass is 513 g/mol. The van der Waals surface area contributed by atoms with Crippen LogP contribution in [-0.4, -0.2) is 83.0 Å². The van der Waals surface area contributed by atoms with E-state index in [4.69, 9.17) is 11.5 Å². The number of piperazine rings is 1. The zero-order valence-electron chi connectivity index (χ0n) is 20.0. The first-order valence-electron chi connectivity index (χ1n) is 11.7. The Hall–Kier alpha value is -3.80. The number of amides is 3. The average molecular weight is 514 g/mol. The van der Waals surface area contributed by atoms with E-state index in [9.17, 15) is 19.2 Å². The Morgan fingerprint density at radius 2 is 1.94 bits per heavy atom. The van der Waals surface area contributed by atoms with Gasteiger partial charge in [-0.15, -0.1) is 11.3 Å². The third-order valence-corrected chi connectivity index (χ3v) is 6.49. The first-order chi connectivity index (χ1) is 17.3. The summed E-state index contributed by atoms with van der Waals surface area (Å²) >= 11 is 1.21. The lowest BCUT2D eigenvalue weighted by atomic mass is 10.1. The molecule has 2 aromatic rings. The molecule has 0 saturated carbocycles. The molecule has 0 bridgehead atoms. The number of aliphatic imine (C=N–C) groups is 1. The van der Waals surface area contributed by atoms with E-state index in [1.165, 1.54) is 22.4 Å². The van der Waals surface area contributed by atoms with E-state index in [0.29, 0.717) is 50.3 Å². The van der Waals surface area contributed by atoms with Gasteiger partial charge in [0, 0.05) is 37.6 Å². The molecule has 1 aromatic heterocycles. The van der Waals surface area contributed by atoms with Crippen LogP contribution in [0.3, 0.4) is 0 Å². The number of carbonyl (C=O) groups is 4. The summed E-state index contributed by atoms with van der Waals surface area (Å²) < 4.78 is 0. The zero-order valence-corrected chi connectivity index (χ0v) is 20.8. The molecule has 0 spiro atoms. The Morgan fingerprint density at radius 1 is 1.17 bits per heavy atom. The fourth-order valence-corrected chi connectivity index (χ4v) is 4.44. The first kappa shape index (κ1) is 26.8. The first-order valence-corrected chi connectivity index (χ1v) is 12.6. The van der Waals surface area contributed by atoms with Crippen LogP contribution in [0.5, 0.6) is 0 Å². The smallest absolute Gasteiger partial charge is 0.242 e. The third kappa shape index (κ3) is 8.15. The van der Waals surface area contributed by atoms with Crippen molar-refractivity contribution in [2.75, 3.05) is 32.7 Å². The number of Topliss-reactive ketones (excluding diaryl/α,β-unsaturated/α-hetero) is 1. The Kier molecular flexibility index (Phi) is 9.92. The molecule has 3 rings (SSSR count). The highest BCUT2D eigenvalue weighted by atomic mass is 32.1. The van der Waals surface area contributed by atoms with Crippen molar-refractivity contribution >= 4 is 40.8 Å². The minimum Gasteiger partial charge on any atom is -0.370 e. The number of hydrogen-bond acceptors (Lipinski definition) is 7. The molecular formula is C24H31N7O4S. The van der Waals surface area contributed by atoms with E-state index in [1.54, 1.807) is 10.3 Å². The number of guanidine groups is 1. The van der Waals surface area contributed by atoms with Gasteiger partial charge in [-0.1, -0.05) is 30.3 Å². The van der Waals surface area contributed by atoms with Crippen LogP contribution in [0, 0.1) is 0 Å². The second-order valence-electron chi connectivity index (χ2n) is 8.38. The van der Waals surface area contributed by atoms with Crippen molar-refractivity contribution in [1.82, 2.24) is 20.1 Å². The molecule has 0 radical (unpaired) electrons. The number of aryl methyl sites for hydroxylation is 1. The van der Waals surface area contributed by atoms with Crippen LogP contribution in [0.25, 0.3) is 0 Å². The second kappa shape index (κ2) is 13.3. The summed E-state index contributed by atoms with van der Waals surface area (Å²) in [5.74, 6) is -1.10. The van der Waals surface area contributed by atoms with Gasteiger partial charge >= 0.3 is 0 Å². The lowest BCUT2D eigenvalue weighted by Crippen LogP contribution is -2.54. The Labute approximate surface area is 213 Å². The molecule has 3 amide bonds. The van der Waals surface area contributed by atoms with Crippen LogP contribution in [-0.2, 0) is 20.8 Å². The lowest BCUT2D eigenvalue weighted by Gasteiger charge is -2.34. The van der Waals surface area contributed by atoms with Crippen molar-refractivity contribution in [1.29, 1.82) is 0 Å². The molecule has 1 aromatic carbocycles. The summed E-state index contributed by atoms with van der Waals surface area (Å²) in [6.07, 6.45) is 3.29. The SMILES string of the molecule is NC(N)=NC(CCCNC(=O)CN1CCN(C(=O)CCc2ccccc2)CC1=O)C(=O)c1nccs1. The van der Waals surface area contributed by atoms with Crippen LogP contribution in [0.1, 0.15) is 34.6 Å². The maximum absolute atomic E-state index is 12.5. The molecule has 12 heteroatoms. The van der Waals surface area contributed by atoms with E-state index in [1.807, 2.05) is 30.3 Å². The lowest BCUT2D eigenvalue weighted by molar-refractivity contribution is -0.146. The maximum Gasteiger partial charge on any atom is 0.242 e. The molecule has 11 nitrogen and oxygen atoms in total. The summed E-state index contributed by atoms with van der Waals surface area (Å²) in [5.41, 5.74) is 12.0. The van der Waals surface area contributed by atoms with Gasteiger partial charge in [-0.05, 0) is 24.8 Å². The molecular weight excluding hydrogens is 482 g/mol. The number of carbonyl (C=O) groups excluding carboxylic acids is 4. The highest BCUT2D eigenvalue weighted by Crippen LogP contribution is 2.13. The molecule has 2 heterocycles. The summed E-state index contributed by atoms with van der Waals surface area (Å²) in [4.78, 5) is 60.9. The molecule has 1 saturated heterocycles. The maximum atomic E-state index is 12.5. The topological polar surface area (TPSA) is 164 Å². The minimum atomic E-state index is -0.771. The molecule has 0 aliphatic carbocycles. The summed E-state index contributed by atoms with van der Waals surface area (Å²) in [6, 6.07) is 8.94. The van der Waals surface area contributed by atoms with Gasteiger partial charge in [0.1, 0.15) is 6.04 Å². The predicted octanol–water partition coefficient (Wildman–Crippen LogP) is 0.168. The van der Waals surface area contributed by atoms with E-state index in [0.717, 1.165) is 5.56 Å². The van der Waals surface area contributed by atoms with Crippen molar-refractivity contribution in [2.24, 2.45) is 16.5 Å². The number of hydrogen-bond donors (Lipinski definition) is 3. The highest BCUT2D eigenvalue weighted by Gasteiger charge is 2.28. The van der Waals surface area contributed by atoms with Gasteiger partial charge in [0.25, 0.3) is 0 Å². The van der Waals surface area contributed by atoms with Crippen molar-refractivity contribution < 1.29 is 19.2 Å². The molecule has 1 unspecified atom stereocenters. The van der Waals surface area contributed by atoms with Crippen LogP contribution in [0.2, 0.25) is 0 Å². The van der Waals surface area contributed by atoms with E-state index in [-0.39, 0.29) is 42.6 Å². The van der Waals surface area contributed by atoms with Crippen LogP contribution < -0.4 is 16.8 Å². The van der Waals surface area contributed by atoms with Gasteiger partial charge in [-0.2, -0.15) is 0 Å². The van der Waals surface area contributed by atoms with Gasteiger partial charge in [0.2, 0.25) is 23.5 Å². The van der Waals surface area contributed by atoms with Crippen molar-refractivity contribution in [2.45, 2.75) is 31.7 Å². The molecule has 192 valence electrons. The molecule has 1 fully saturated rings. The Bertz CT molecular complexity index is 1070. The van der Waals surface area contributed by atoms with E-state index in [2.05, 4.69) is 15.3 Å². The number of rotatable bonds is 12. The summed E-state index contributed by atoms with van der Waals surface area (Å²) in [5, 5.41) is 4.78. The van der Waals surface area contributed by atoms with Gasteiger partial charge in [-0.25, -0.2) is 9.98 Å². The van der Waals surface area contributed by atoms with Crippen LogP contribution in [0.4, 0.5) is 0 Å². The largest absolute Gasteiger partial charge is 0.370 e. The van der Waals surface area contributed by atoms with Crippen molar-refractivity contribution in [3.63, 3.8) is 0 Å². The molecule has 5 N–H and O–H groups in total. The normalized spacial score (nSPS) is 14.3. The molecule has 1 aliphatic heterocycles. The van der Waals surface area contributed by atoms with Crippen molar-refractivity contribution in [3.05, 3.63) is 52.5 Å². The quantitative estimate of drug-likeness (QED) is 0.157. The zero-order chi connectivity index (χ0) is 25.9. The summed E-state index contributed by atoms with van der Waals surface area (Å²) in [6.45, 7) is 0.886. The fraction of sp³-hybridized carbons (Fsp3) is 0.417. The molecule has 1 atom stereocenters.